The molecule has 7 heteroatoms. The Morgan fingerprint density at radius 3 is 3.17 bits per heavy atom. The molecule has 3 aromatic heterocycles. The van der Waals surface area contributed by atoms with Crippen LogP contribution in [-0.2, 0) is 13.1 Å². The fourth-order valence-electron chi connectivity index (χ4n) is 3.13. The van der Waals surface area contributed by atoms with Gasteiger partial charge >= 0.3 is 0 Å². The second kappa shape index (κ2) is 6.25. The summed E-state index contributed by atoms with van der Waals surface area (Å²) < 4.78 is 7.76. The van der Waals surface area contributed by atoms with Crippen molar-refractivity contribution in [1.82, 2.24) is 24.6 Å². The lowest BCUT2D eigenvalue weighted by molar-refractivity contribution is 0.216. The van der Waals surface area contributed by atoms with Gasteiger partial charge in [0.05, 0.1) is 12.2 Å². The summed E-state index contributed by atoms with van der Waals surface area (Å²) in [5, 5.41) is 8.34. The number of nitrogens with zero attached hydrogens (tertiary/aromatic N) is 5. The molecule has 4 heterocycles. The first kappa shape index (κ1) is 14.6. The van der Waals surface area contributed by atoms with Gasteiger partial charge in [0, 0.05) is 23.5 Å². The summed E-state index contributed by atoms with van der Waals surface area (Å²) in [5.74, 6) is 1.64. The molecule has 23 heavy (non-hydrogen) atoms. The van der Waals surface area contributed by atoms with E-state index in [4.69, 9.17) is 9.40 Å². The zero-order chi connectivity index (χ0) is 15.6. The number of oxazole rings is 1. The largest absolute Gasteiger partial charge is 0.441 e. The third-order valence-electron chi connectivity index (χ3n) is 4.38. The Morgan fingerprint density at radius 2 is 2.39 bits per heavy atom. The zero-order valence-electron chi connectivity index (χ0n) is 13.1. The molecule has 6 nitrogen and oxygen atoms in total. The normalized spacial score (nSPS) is 18.7. The SMILES string of the molecule is Cc1oc(-c2ccsc2)nc1CN1CCC[C@@H]1Cn1cncn1. The molecule has 1 fully saturated rings. The molecule has 0 spiro atoms. The summed E-state index contributed by atoms with van der Waals surface area (Å²) in [5.41, 5.74) is 2.10. The fraction of sp³-hybridized carbons (Fsp3) is 0.438. The molecule has 0 bridgehead atoms. The van der Waals surface area contributed by atoms with Crippen LogP contribution in [0, 0.1) is 6.92 Å². The van der Waals surface area contributed by atoms with Gasteiger partial charge in [0.2, 0.25) is 5.89 Å². The molecular weight excluding hydrogens is 310 g/mol. The van der Waals surface area contributed by atoms with Gasteiger partial charge in [0.1, 0.15) is 18.4 Å². The van der Waals surface area contributed by atoms with E-state index < -0.39 is 0 Å². The number of aromatic nitrogens is 4. The Morgan fingerprint density at radius 1 is 1.43 bits per heavy atom. The lowest BCUT2D eigenvalue weighted by atomic mass is 10.2. The highest BCUT2D eigenvalue weighted by atomic mass is 32.1. The van der Waals surface area contributed by atoms with Crippen molar-refractivity contribution in [2.24, 2.45) is 0 Å². The van der Waals surface area contributed by atoms with Crippen LogP contribution < -0.4 is 0 Å². The molecule has 0 aliphatic carbocycles. The number of hydrogen-bond acceptors (Lipinski definition) is 6. The van der Waals surface area contributed by atoms with E-state index in [0.717, 1.165) is 42.5 Å². The van der Waals surface area contributed by atoms with E-state index in [1.54, 1.807) is 24.0 Å². The summed E-state index contributed by atoms with van der Waals surface area (Å²) in [4.78, 5) is 11.2. The maximum atomic E-state index is 5.85. The van der Waals surface area contributed by atoms with Gasteiger partial charge in [-0.05, 0) is 37.8 Å². The average molecular weight is 329 g/mol. The van der Waals surface area contributed by atoms with Crippen molar-refractivity contribution < 1.29 is 4.42 Å². The van der Waals surface area contributed by atoms with Gasteiger partial charge in [-0.15, -0.1) is 0 Å². The van der Waals surface area contributed by atoms with E-state index in [1.807, 2.05) is 23.1 Å². The first-order valence-electron chi connectivity index (χ1n) is 7.85. The summed E-state index contributed by atoms with van der Waals surface area (Å²) in [6, 6.07) is 2.53. The minimum Gasteiger partial charge on any atom is -0.441 e. The maximum Gasteiger partial charge on any atom is 0.227 e. The van der Waals surface area contributed by atoms with Gasteiger partial charge in [0.25, 0.3) is 0 Å². The quantitative estimate of drug-likeness (QED) is 0.720. The van der Waals surface area contributed by atoms with Crippen molar-refractivity contribution in [3.63, 3.8) is 0 Å². The van der Waals surface area contributed by atoms with E-state index >= 15 is 0 Å². The smallest absolute Gasteiger partial charge is 0.227 e. The first-order valence-corrected chi connectivity index (χ1v) is 8.79. The molecule has 1 aliphatic heterocycles. The monoisotopic (exact) mass is 329 g/mol. The van der Waals surface area contributed by atoms with Crippen molar-refractivity contribution >= 4 is 11.3 Å². The van der Waals surface area contributed by atoms with Gasteiger partial charge < -0.3 is 4.42 Å². The van der Waals surface area contributed by atoms with Crippen LogP contribution in [0.5, 0.6) is 0 Å². The molecule has 1 atom stereocenters. The minimum absolute atomic E-state index is 0.484. The predicted molar refractivity (Wildman–Crippen MR) is 88.0 cm³/mol. The molecule has 0 unspecified atom stereocenters. The van der Waals surface area contributed by atoms with Crippen LogP contribution in [0.4, 0.5) is 0 Å². The Hall–Kier alpha value is -1.99. The van der Waals surface area contributed by atoms with Crippen LogP contribution in [0.15, 0.2) is 33.9 Å². The number of aryl methyl sites for hydroxylation is 1. The Bertz CT molecular complexity index is 750. The van der Waals surface area contributed by atoms with Crippen molar-refractivity contribution in [3.05, 3.63) is 40.9 Å². The Kier molecular flexibility index (Phi) is 3.97. The van der Waals surface area contributed by atoms with E-state index in [0.29, 0.717) is 6.04 Å². The molecule has 1 aliphatic rings. The van der Waals surface area contributed by atoms with Gasteiger partial charge in [0.15, 0.2) is 0 Å². The van der Waals surface area contributed by atoms with Crippen molar-refractivity contribution in [3.8, 4) is 11.5 Å². The van der Waals surface area contributed by atoms with Gasteiger partial charge in [-0.2, -0.15) is 16.4 Å². The summed E-state index contributed by atoms with van der Waals surface area (Å²) in [6.07, 6.45) is 5.78. The van der Waals surface area contributed by atoms with Gasteiger partial charge in [-0.25, -0.2) is 9.97 Å². The molecule has 0 saturated carbocycles. The third kappa shape index (κ3) is 3.07. The molecule has 1 saturated heterocycles. The number of hydrogen-bond donors (Lipinski definition) is 0. The first-order chi connectivity index (χ1) is 11.3. The number of thiophene rings is 1. The van der Waals surface area contributed by atoms with Crippen LogP contribution in [0.25, 0.3) is 11.5 Å². The van der Waals surface area contributed by atoms with Crippen LogP contribution >= 0.6 is 11.3 Å². The van der Waals surface area contributed by atoms with E-state index in [1.165, 1.54) is 12.8 Å². The topological polar surface area (TPSA) is 60.0 Å². The molecule has 120 valence electrons. The third-order valence-corrected chi connectivity index (χ3v) is 5.06. The summed E-state index contributed by atoms with van der Waals surface area (Å²) >= 11 is 1.66. The van der Waals surface area contributed by atoms with E-state index in [2.05, 4.69) is 20.4 Å². The predicted octanol–water partition coefficient (Wildman–Crippen LogP) is 2.97. The maximum absolute atomic E-state index is 5.85. The molecule has 0 amide bonds. The summed E-state index contributed by atoms with van der Waals surface area (Å²) in [6.45, 7) is 4.81. The van der Waals surface area contributed by atoms with Crippen molar-refractivity contribution in [2.45, 2.75) is 38.9 Å². The fourth-order valence-corrected chi connectivity index (χ4v) is 3.76. The van der Waals surface area contributed by atoms with Crippen molar-refractivity contribution in [1.29, 1.82) is 0 Å². The van der Waals surface area contributed by atoms with Crippen LogP contribution in [-0.4, -0.2) is 37.2 Å². The van der Waals surface area contributed by atoms with Gasteiger partial charge in [-0.1, -0.05) is 0 Å². The lowest BCUT2D eigenvalue weighted by Gasteiger charge is -2.23. The Balaban J connectivity index is 1.48. The molecule has 3 aromatic rings. The molecule has 4 rings (SSSR count). The highest BCUT2D eigenvalue weighted by Crippen LogP contribution is 2.27. The molecule has 0 N–H and O–H groups in total. The lowest BCUT2D eigenvalue weighted by Crippen LogP contribution is -2.33. The van der Waals surface area contributed by atoms with Crippen LogP contribution in [0.2, 0.25) is 0 Å². The minimum atomic E-state index is 0.484. The van der Waals surface area contributed by atoms with Gasteiger partial charge in [-0.3, -0.25) is 9.58 Å². The molecule has 0 radical (unpaired) electrons. The molecular formula is C16H19N5OS. The van der Waals surface area contributed by atoms with Crippen LogP contribution in [0.3, 0.4) is 0 Å². The number of rotatable bonds is 5. The highest BCUT2D eigenvalue weighted by Gasteiger charge is 2.27. The second-order valence-corrected chi connectivity index (χ2v) is 6.70. The molecule has 0 aromatic carbocycles. The second-order valence-electron chi connectivity index (χ2n) is 5.92. The van der Waals surface area contributed by atoms with Crippen molar-refractivity contribution in [2.75, 3.05) is 6.54 Å². The number of likely N-dealkylation sites (tertiary alicyclic amines) is 1. The van der Waals surface area contributed by atoms with E-state index in [9.17, 15) is 0 Å². The average Bonchev–Trinajstić information content (AvgIpc) is 3.31. The standard InChI is InChI=1S/C16H19N5OS/c1-12-15(19-16(22-12)13-4-6-23-9-13)8-20-5-2-3-14(20)7-21-11-17-10-18-21/h4,6,9-11,14H,2-3,5,7-8H2,1H3/t14-/m1/s1. The Labute approximate surface area is 138 Å². The van der Waals surface area contributed by atoms with Crippen LogP contribution in [0.1, 0.15) is 24.3 Å². The summed E-state index contributed by atoms with van der Waals surface area (Å²) in [7, 11) is 0. The zero-order valence-corrected chi connectivity index (χ0v) is 13.9. The van der Waals surface area contributed by atoms with E-state index in [-0.39, 0.29) is 0 Å². The highest BCUT2D eigenvalue weighted by molar-refractivity contribution is 7.08.